The number of aromatic amines is 1. The van der Waals surface area contributed by atoms with Crippen molar-refractivity contribution < 1.29 is 4.74 Å². The molecular weight excluding hydrogens is 434 g/mol. The van der Waals surface area contributed by atoms with Crippen LogP contribution in [0, 0.1) is 12.8 Å². The van der Waals surface area contributed by atoms with Crippen molar-refractivity contribution in [3.8, 4) is 5.75 Å². The van der Waals surface area contributed by atoms with Crippen LogP contribution in [0.3, 0.4) is 0 Å². The van der Waals surface area contributed by atoms with E-state index in [9.17, 15) is 9.59 Å². The lowest BCUT2D eigenvalue weighted by molar-refractivity contribution is 0.303. The molecule has 6 rings (SSSR count). The maximum absolute atomic E-state index is 13.2. The van der Waals surface area contributed by atoms with Gasteiger partial charge in [0.25, 0.3) is 5.56 Å². The van der Waals surface area contributed by atoms with Gasteiger partial charge in [0.05, 0.1) is 12.6 Å². The number of hydrogen-bond donors (Lipinski definition) is 1. The van der Waals surface area contributed by atoms with Gasteiger partial charge in [-0.1, -0.05) is 23.8 Å². The molecule has 1 fully saturated rings. The van der Waals surface area contributed by atoms with Crippen LogP contribution in [-0.2, 0) is 13.0 Å². The lowest BCUT2D eigenvalue weighted by Gasteiger charge is -2.28. The van der Waals surface area contributed by atoms with Gasteiger partial charge >= 0.3 is 5.69 Å². The highest BCUT2D eigenvalue weighted by Crippen LogP contribution is 2.44. The molecule has 4 aromatic rings. The summed E-state index contributed by atoms with van der Waals surface area (Å²) >= 11 is 1.46. The molecule has 0 radical (unpaired) electrons. The molecule has 1 aliphatic heterocycles. The molecule has 0 saturated carbocycles. The zero-order valence-corrected chi connectivity index (χ0v) is 19.7. The summed E-state index contributed by atoms with van der Waals surface area (Å²) in [7, 11) is 1.74. The number of H-pyrrole nitrogens is 1. The van der Waals surface area contributed by atoms with E-state index in [-0.39, 0.29) is 11.2 Å². The van der Waals surface area contributed by atoms with E-state index >= 15 is 0 Å². The topological polar surface area (TPSA) is 67.3 Å². The summed E-state index contributed by atoms with van der Waals surface area (Å²) in [5.41, 5.74) is 4.04. The Bertz CT molecular complexity index is 1500. The summed E-state index contributed by atoms with van der Waals surface area (Å²) in [5.74, 6) is 2.11. The van der Waals surface area contributed by atoms with E-state index in [0.717, 1.165) is 47.3 Å². The number of fused-ring (bicyclic) bond motifs is 6. The van der Waals surface area contributed by atoms with E-state index in [1.165, 1.54) is 27.0 Å². The van der Waals surface area contributed by atoms with Crippen molar-refractivity contribution >= 4 is 31.6 Å². The van der Waals surface area contributed by atoms with Gasteiger partial charge in [-0.3, -0.25) is 9.36 Å². The van der Waals surface area contributed by atoms with Crippen molar-refractivity contribution in [2.75, 3.05) is 26.7 Å². The second-order valence-electron chi connectivity index (χ2n) is 9.39. The minimum absolute atomic E-state index is 0.181. The minimum atomic E-state index is -0.319. The van der Waals surface area contributed by atoms with Gasteiger partial charge in [-0.2, -0.15) is 0 Å². The molecule has 2 atom stereocenters. The maximum atomic E-state index is 13.2. The third-order valence-electron chi connectivity index (χ3n) is 7.47. The molecule has 2 aliphatic rings. The minimum Gasteiger partial charge on any atom is -0.496 e. The Labute approximate surface area is 195 Å². The Hall–Kier alpha value is -2.90. The average molecular weight is 462 g/mol. The molecule has 3 heterocycles. The number of rotatable bonds is 4. The standard InChI is InChI=1S/C26H27N3O3S/c1-15-6-9-22-19(12-15)23-24(33-22)25(30)29(26(31)27-23)11-10-28-13-16-7-8-18-17(20(16)14-28)4-3-5-21(18)32-2/h3-6,9,12,16,20H,7-8,10-11,13-14H2,1-2H3,(H,27,31)/t16-,20+/m0/s1. The van der Waals surface area contributed by atoms with Gasteiger partial charge in [0.2, 0.25) is 0 Å². The summed E-state index contributed by atoms with van der Waals surface area (Å²) in [6.07, 6.45) is 2.21. The average Bonchev–Trinajstić information content (AvgIpc) is 3.40. The van der Waals surface area contributed by atoms with Crippen LogP contribution in [0.4, 0.5) is 0 Å². The fourth-order valence-electron chi connectivity index (χ4n) is 5.83. The third kappa shape index (κ3) is 3.33. The zero-order chi connectivity index (χ0) is 22.7. The van der Waals surface area contributed by atoms with Crippen molar-refractivity contribution in [3.05, 3.63) is 73.9 Å². The van der Waals surface area contributed by atoms with E-state index in [4.69, 9.17) is 4.74 Å². The van der Waals surface area contributed by atoms with Crippen molar-refractivity contribution in [1.82, 2.24) is 14.5 Å². The first kappa shape index (κ1) is 20.7. The second-order valence-corrected chi connectivity index (χ2v) is 10.4. The highest BCUT2D eigenvalue weighted by molar-refractivity contribution is 7.25. The lowest BCUT2D eigenvalue weighted by Crippen LogP contribution is -2.38. The molecule has 33 heavy (non-hydrogen) atoms. The van der Waals surface area contributed by atoms with E-state index in [0.29, 0.717) is 35.1 Å². The van der Waals surface area contributed by atoms with Crippen LogP contribution in [-0.4, -0.2) is 41.2 Å². The van der Waals surface area contributed by atoms with Crippen LogP contribution in [0.5, 0.6) is 5.75 Å². The number of nitrogens with zero attached hydrogens (tertiary/aromatic N) is 2. The van der Waals surface area contributed by atoms with Crippen LogP contribution in [0.2, 0.25) is 0 Å². The van der Waals surface area contributed by atoms with Gasteiger partial charge in [0.15, 0.2) is 0 Å². The fraction of sp³-hybridized carbons (Fsp3) is 0.385. The highest BCUT2D eigenvalue weighted by atomic mass is 32.1. The van der Waals surface area contributed by atoms with E-state index in [1.54, 1.807) is 7.11 Å². The molecule has 0 bridgehead atoms. The van der Waals surface area contributed by atoms with Crippen LogP contribution in [0.25, 0.3) is 20.3 Å². The van der Waals surface area contributed by atoms with Crippen LogP contribution in [0.15, 0.2) is 46.0 Å². The molecule has 0 spiro atoms. The number of aryl methyl sites for hydroxylation is 1. The number of aromatic nitrogens is 2. The lowest BCUT2D eigenvalue weighted by atomic mass is 9.77. The molecule has 7 heteroatoms. The number of ether oxygens (including phenoxy) is 1. The Morgan fingerprint density at radius 3 is 2.88 bits per heavy atom. The van der Waals surface area contributed by atoms with Gasteiger partial charge in [-0.15, -0.1) is 11.3 Å². The molecule has 1 aliphatic carbocycles. The smallest absolute Gasteiger partial charge is 0.328 e. The van der Waals surface area contributed by atoms with Gasteiger partial charge in [-0.25, -0.2) is 4.79 Å². The SMILES string of the molecule is COc1cccc2c1CC[C@H]1CN(CCn3c(=O)[nH]c4c(sc5ccc(C)cc54)c3=O)C[C@@H]21. The molecule has 170 valence electrons. The summed E-state index contributed by atoms with van der Waals surface area (Å²) in [5, 5.41) is 0.953. The summed E-state index contributed by atoms with van der Waals surface area (Å²) < 4.78 is 8.63. The number of likely N-dealkylation sites (tertiary alicyclic amines) is 1. The Balaban J connectivity index is 1.26. The number of methoxy groups -OCH3 is 1. The number of nitrogens with one attached hydrogen (secondary N) is 1. The molecule has 2 aromatic carbocycles. The number of benzene rings is 2. The van der Waals surface area contributed by atoms with E-state index in [1.807, 2.05) is 25.1 Å². The van der Waals surface area contributed by atoms with Crippen molar-refractivity contribution in [3.63, 3.8) is 0 Å². The predicted octanol–water partition coefficient (Wildman–Crippen LogP) is 3.88. The Morgan fingerprint density at radius 1 is 1.15 bits per heavy atom. The van der Waals surface area contributed by atoms with Gasteiger partial charge in [-0.05, 0) is 55.0 Å². The normalized spacial score (nSPS) is 20.3. The molecule has 0 unspecified atom stereocenters. The van der Waals surface area contributed by atoms with Crippen LogP contribution >= 0.6 is 11.3 Å². The van der Waals surface area contributed by atoms with Crippen molar-refractivity contribution in [2.45, 2.75) is 32.2 Å². The molecular formula is C26H27N3O3S. The largest absolute Gasteiger partial charge is 0.496 e. The van der Waals surface area contributed by atoms with Gasteiger partial charge < -0.3 is 14.6 Å². The molecule has 1 N–H and O–H groups in total. The van der Waals surface area contributed by atoms with Crippen LogP contribution < -0.4 is 16.0 Å². The highest BCUT2D eigenvalue weighted by Gasteiger charge is 2.38. The first-order chi connectivity index (χ1) is 16.0. The van der Waals surface area contributed by atoms with E-state index in [2.05, 4.69) is 28.1 Å². The zero-order valence-electron chi connectivity index (χ0n) is 18.9. The maximum Gasteiger partial charge on any atom is 0.328 e. The van der Waals surface area contributed by atoms with Crippen molar-refractivity contribution in [2.24, 2.45) is 5.92 Å². The Morgan fingerprint density at radius 2 is 2.03 bits per heavy atom. The van der Waals surface area contributed by atoms with Gasteiger partial charge in [0.1, 0.15) is 10.4 Å². The second kappa shape index (κ2) is 7.85. The Kier molecular flexibility index (Phi) is 4.92. The summed E-state index contributed by atoms with van der Waals surface area (Å²) in [6.45, 7) is 5.09. The molecule has 0 amide bonds. The third-order valence-corrected chi connectivity index (χ3v) is 8.63. The quantitative estimate of drug-likeness (QED) is 0.501. The number of thiophene rings is 1. The number of hydrogen-bond acceptors (Lipinski definition) is 5. The first-order valence-corrected chi connectivity index (χ1v) is 12.4. The first-order valence-electron chi connectivity index (χ1n) is 11.6. The fourth-order valence-corrected chi connectivity index (χ4v) is 6.91. The van der Waals surface area contributed by atoms with Gasteiger partial charge in [0, 0.05) is 42.2 Å². The summed E-state index contributed by atoms with van der Waals surface area (Å²) in [4.78, 5) is 31.5. The van der Waals surface area contributed by atoms with Crippen LogP contribution in [0.1, 0.15) is 29.0 Å². The monoisotopic (exact) mass is 461 g/mol. The summed E-state index contributed by atoms with van der Waals surface area (Å²) in [6, 6.07) is 12.5. The molecule has 6 nitrogen and oxygen atoms in total. The van der Waals surface area contributed by atoms with Crippen molar-refractivity contribution in [1.29, 1.82) is 0 Å². The molecule has 2 aromatic heterocycles. The predicted molar refractivity (Wildman–Crippen MR) is 133 cm³/mol. The molecule has 1 saturated heterocycles. The van der Waals surface area contributed by atoms with E-state index < -0.39 is 0 Å².